The van der Waals surface area contributed by atoms with Crippen LogP contribution in [0.4, 0.5) is 17.2 Å². The molecule has 0 bridgehead atoms. The molecule has 1 amide bonds. The van der Waals surface area contributed by atoms with E-state index in [-0.39, 0.29) is 5.91 Å². The van der Waals surface area contributed by atoms with Crippen molar-refractivity contribution in [1.29, 1.82) is 0 Å². The minimum Gasteiger partial charge on any atom is -0.340 e. The van der Waals surface area contributed by atoms with Gasteiger partial charge in [-0.1, -0.05) is 27.9 Å². The number of benzene rings is 2. The number of unbranched alkanes of at least 4 members (excludes halogenated alkanes) is 2. The Bertz CT molecular complexity index is 1090. The lowest BCUT2D eigenvalue weighted by atomic mass is 10.2. The van der Waals surface area contributed by atoms with Crippen molar-refractivity contribution in [3.8, 4) is 11.8 Å². The molecule has 7 heteroatoms. The number of anilines is 3. The van der Waals surface area contributed by atoms with Crippen LogP contribution in [0.25, 0.3) is 10.9 Å². The molecular weight excluding hydrogens is 442 g/mol. The molecule has 0 atom stereocenters. The third-order valence-electron chi connectivity index (χ3n) is 4.34. The van der Waals surface area contributed by atoms with Crippen LogP contribution in [0.1, 0.15) is 19.3 Å². The molecule has 2 aromatic carbocycles. The van der Waals surface area contributed by atoms with Crippen LogP contribution in [0.3, 0.4) is 0 Å². The molecule has 0 saturated carbocycles. The summed E-state index contributed by atoms with van der Waals surface area (Å²) in [6, 6.07) is 13.3. The molecule has 0 aliphatic carbocycles. The Morgan fingerprint density at radius 2 is 1.97 bits per heavy atom. The molecule has 0 unspecified atom stereocenters. The van der Waals surface area contributed by atoms with Gasteiger partial charge in [0.05, 0.1) is 5.52 Å². The number of aromatic nitrogens is 2. The molecule has 30 heavy (non-hydrogen) atoms. The van der Waals surface area contributed by atoms with Gasteiger partial charge in [-0.3, -0.25) is 4.79 Å². The highest BCUT2D eigenvalue weighted by atomic mass is 79.9. The molecule has 0 saturated heterocycles. The first kappa shape index (κ1) is 21.8. The average Bonchev–Trinajstić information content (AvgIpc) is 2.71. The number of amides is 1. The number of fused-ring (bicyclic) bond motifs is 1. The van der Waals surface area contributed by atoms with Crippen molar-refractivity contribution in [1.82, 2.24) is 14.9 Å². The van der Waals surface area contributed by atoms with Crippen LogP contribution >= 0.6 is 15.9 Å². The van der Waals surface area contributed by atoms with Gasteiger partial charge in [-0.15, -0.1) is 0 Å². The third kappa shape index (κ3) is 6.55. The summed E-state index contributed by atoms with van der Waals surface area (Å²) in [7, 11) is 4.10. The van der Waals surface area contributed by atoms with Crippen molar-refractivity contribution in [2.24, 2.45) is 0 Å². The second-order valence-corrected chi connectivity index (χ2v) is 8.02. The predicted octanol–water partition coefficient (Wildman–Crippen LogP) is 4.81. The van der Waals surface area contributed by atoms with Gasteiger partial charge in [0.1, 0.15) is 12.1 Å². The van der Waals surface area contributed by atoms with Gasteiger partial charge in [0.2, 0.25) is 0 Å². The summed E-state index contributed by atoms with van der Waals surface area (Å²) in [5.74, 6) is 5.95. The van der Waals surface area contributed by atoms with E-state index in [1.807, 2.05) is 56.6 Å². The van der Waals surface area contributed by atoms with Crippen LogP contribution in [0.15, 0.2) is 53.3 Å². The Balaban J connectivity index is 1.68. The zero-order valence-corrected chi connectivity index (χ0v) is 18.7. The maximum absolute atomic E-state index is 12.2. The van der Waals surface area contributed by atoms with Crippen molar-refractivity contribution < 1.29 is 4.79 Å². The lowest BCUT2D eigenvalue weighted by molar-refractivity contribution is -0.111. The zero-order valence-electron chi connectivity index (χ0n) is 17.1. The molecule has 0 radical (unpaired) electrons. The average molecular weight is 466 g/mol. The van der Waals surface area contributed by atoms with Gasteiger partial charge < -0.3 is 15.5 Å². The molecule has 0 aliphatic rings. The first-order chi connectivity index (χ1) is 14.5. The monoisotopic (exact) mass is 465 g/mol. The normalized spacial score (nSPS) is 10.5. The van der Waals surface area contributed by atoms with Gasteiger partial charge in [-0.05, 0) is 75.8 Å². The van der Waals surface area contributed by atoms with E-state index < -0.39 is 0 Å². The maximum Gasteiger partial charge on any atom is 0.300 e. The summed E-state index contributed by atoms with van der Waals surface area (Å²) >= 11 is 3.47. The van der Waals surface area contributed by atoms with Crippen LogP contribution in [0, 0.1) is 11.8 Å². The third-order valence-corrected chi connectivity index (χ3v) is 4.83. The number of hydrogen-bond donors (Lipinski definition) is 2. The second-order valence-electron chi connectivity index (χ2n) is 7.11. The highest BCUT2D eigenvalue weighted by molar-refractivity contribution is 9.10. The highest BCUT2D eigenvalue weighted by Crippen LogP contribution is 2.26. The van der Waals surface area contributed by atoms with Crippen LogP contribution in [-0.2, 0) is 4.79 Å². The molecule has 0 aliphatic heterocycles. The van der Waals surface area contributed by atoms with Crippen LogP contribution in [-0.4, -0.2) is 41.4 Å². The minimum atomic E-state index is -0.319. The fraction of sp³-hybridized carbons (Fsp3) is 0.261. The lowest BCUT2D eigenvalue weighted by Gasteiger charge is -2.10. The number of rotatable bonds is 7. The zero-order chi connectivity index (χ0) is 21.3. The Hall–Kier alpha value is -2.95. The first-order valence-electron chi connectivity index (χ1n) is 9.73. The van der Waals surface area contributed by atoms with E-state index in [2.05, 4.69) is 53.3 Å². The van der Waals surface area contributed by atoms with E-state index in [9.17, 15) is 4.79 Å². The van der Waals surface area contributed by atoms with E-state index in [0.717, 1.165) is 40.4 Å². The smallest absolute Gasteiger partial charge is 0.300 e. The van der Waals surface area contributed by atoms with Gasteiger partial charge in [-0.2, -0.15) is 0 Å². The van der Waals surface area contributed by atoms with Crippen molar-refractivity contribution in [2.75, 3.05) is 31.3 Å². The summed E-state index contributed by atoms with van der Waals surface area (Å²) in [6.07, 6.45) is 4.29. The number of nitrogens with zero attached hydrogens (tertiary/aromatic N) is 3. The van der Waals surface area contributed by atoms with Crippen molar-refractivity contribution in [3.63, 3.8) is 0 Å². The molecule has 2 N–H and O–H groups in total. The fourth-order valence-electron chi connectivity index (χ4n) is 2.88. The van der Waals surface area contributed by atoms with E-state index in [0.29, 0.717) is 17.9 Å². The number of halogens is 1. The van der Waals surface area contributed by atoms with E-state index in [1.165, 1.54) is 6.33 Å². The first-order valence-corrected chi connectivity index (χ1v) is 10.5. The maximum atomic E-state index is 12.2. The number of carbonyl (C=O) groups excluding carboxylic acids is 1. The van der Waals surface area contributed by atoms with E-state index >= 15 is 0 Å². The van der Waals surface area contributed by atoms with Crippen molar-refractivity contribution in [3.05, 3.63) is 53.3 Å². The van der Waals surface area contributed by atoms with Crippen LogP contribution < -0.4 is 10.6 Å². The topological polar surface area (TPSA) is 70.2 Å². The predicted molar refractivity (Wildman–Crippen MR) is 126 cm³/mol. The van der Waals surface area contributed by atoms with Gasteiger partial charge in [0.25, 0.3) is 5.91 Å². The fourth-order valence-corrected chi connectivity index (χ4v) is 3.28. The van der Waals surface area contributed by atoms with Crippen molar-refractivity contribution in [2.45, 2.75) is 19.3 Å². The van der Waals surface area contributed by atoms with Gasteiger partial charge in [0, 0.05) is 27.7 Å². The van der Waals surface area contributed by atoms with Gasteiger partial charge >= 0.3 is 0 Å². The molecule has 3 aromatic rings. The molecule has 1 heterocycles. The number of nitrogens with one attached hydrogen (secondary N) is 2. The second kappa shape index (κ2) is 10.7. The van der Waals surface area contributed by atoms with Crippen LogP contribution in [0.2, 0.25) is 0 Å². The summed E-state index contributed by atoms with van der Waals surface area (Å²) in [6.45, 7) is 1.03. The summed E-state index contributed by atoms with van der Waals surface area (Å²) in [4.78, 5) is 23.0. The molecule has 154 valence electrons. The van der Waals surface area contributed by atoms with E-state index in [4.69, 9.17) is 0 Å². The molecule has 3 rings (SSSR count). The molecular formula is C23H24BrN5O. The Morgan fingerprint density at radius 1 is 1.10 bits per heavy atom. The van der Waals surface area contributed by atoms with Gasteiger partial charge in [-0.25, -0.2) is 9.97 Å². The molecule has 1 aromatic heterocycles. The van der Waals surface area contributed by atoms with Crippen LogP contribution in [0.5, 0.6) is 0 Å². The van der Waals surface area contributed by atoms with Gasteiger partial charge in [0.15, 0.2) is 0 Å². The van der Waals surface area contributed by atoms with Crippen molar-refractivity contribution >= 4 is 49.9 Å². The Labute approximate surface area is 185 Å². The summed E-state index contributed by atoms with van der Waals surface area (Å²) < 4.78 is 0.971. The Morgan fingerprint density at radius 3 is 2.77 bits per heavy atom. The lowest BCUT2D eigenvalue weighted by Crippen LogP contribution is -2.12. The quantitative estimate of drug-likeness (QED) is 0.387. The molecule has 0 fully saturated rings. The standard InChI is InChI=1S/C23H24BrN5O/c1-29(2)13-6-4-3-5-10-22(30)27-19-11-12-21-20(15-19)23(26-16-25-21)28-18-9-7-8-17(24)14-18/h7-9,11-12,14-16H,3-4,6,13H2,1-2H3,(H,27,30)(H,25,26,28). The number of hydrogen-bond acceptors (Lipinski definition) is 5. The summed E-state index contributed by atoms with van der Waals surface area (Å²) in [5.41, 5.74) is 2.34. The summed E-state index contributed by atoms with van der Waals surface area (Å²) in [5, 5.41) is 6.95. The Kier molecular flexibility index (Phi) is 7.77. The highest BCUT2D eigenvalue weighted by Gasteiger charge is 2.07. The SMILES string of the molecule is CN(C)CCCCC#CC(=O)Nc1ccc2ncnc(Nc3cccc(Br)c3)c2c1. The number of carbonyl (C=O) groups is 1. The largest absolute Gasteiger partial charge is 0.340 e. The minimum absolute atomic E-state index is 0.319. The molecule has 6 nitrogen and oxygen atoms in total. The molecule has 0 spiro atoms. The van der Waals surface area contributed by atoms with E-state index in [1.54, 1.807) is 0 Å².